The molecule has 7 heteroatoms. The molecule has 2 aromatic heterocycles. The minimum Gasteiger partial charge on any atom is -0.419 e. The number of hydrogen-bond donors (Lipinski definition) is 1. The van der Waals surface area contributed by atoms with Crippen LogP contribution in [-0.2, 0) is 11.3 Å². The summed E-state index contributed by atoms with van der Waals surface area (Å²) in [6.45, 7) is 3.97. The molecule has 0 aliphatic carbocycles. The summed E-state index contributed by atoms with van der Waals surface area (Å²) in [6.07, 6.45) is 0. The first kappa shape index (κ1) is 17.9. The lowest BCUT2D eigenvalue weighted by Crippen LogP contribution is -2.19. The van der Waals surface area contributed by atoms with Crippen molar-refractivity contribution in [2.45, 2.75) is 26.3 Å². The number of benzene rings is 2. The van der Waals surface area contributed by atoms with Crippen LogP contribution in [0.4, 0.5) is 10.1 Å². The highest BCUT2D eigenvalue weighted by Gasteiger charge is 2.19. The van der Waals surface area contributed by atoms with Crippen LogP contribution >= 0.6 is 0 Å². The normalized spacial score (nSPS) is 11.3. The van der Waals surface area contributed by atoms with Crippen LogP contribution in [0.3, 0.4) is 0 Å². The number of nitrogens with zero attached hydrogens (tertiary/aromatic N) is 3. The van der Waals surface area contributed by atoms with Crippen LogP contribution in [0.5, 0.6) is 0 Å². The highest BCUT2D eigenvalue weighted by atomic mass is 19.1. The first-order chi connectivity index (χ1) is 13.5. The Labute approximate surface area is 161 Å². The van der Waals surface area contributed by atoms with E-state index in [0.29, 0.717) is 23.2 Å². The number of fused-ring (bicyclic) bond motifs is 1. The zero-order chi connectivity index (χ0) is 19.7. The van der Waals surface area contributed by atoms with E-state index in [1.807, 2.05) is 48.7 Å². The molecule has 2 aromatic carbocycles. The molecule has 2 heterocycles. The van der Waals surface area contributed by atoms with Crippen molar-refractivity contribution in [3.05, 3.63) is 66.3 Å². The molecule has 0 aliphatic heterocycles. The van der Waals surface area contributed by atoms with Gasteiger partial charge in [-0.3, -0.25) is 4.79 Å². The van der Waals surface area contributed by atoms with Gasteiger partial charge in [0, 0.05) is 22.5 Å². The SMILES string of the molecule is CC(C)c1nnc(-c2cc3ccccc3n2CC(=O)Nc2cccc(F)c2)o1. The largest absolute Gasteiger partial charge is 0.419 e. The van der Waals surface area contributed by atoms with E-state index in [1.54, 1.807) is 12.1 Å². The Morgan fingerprint density at radius 2 is 1.96 bits per heavy atom. The summed E-state index contributed by atoms with van der Waals surface area (Å²) >= 11 is 0. The van der Waals surface area contributed by atoms with Crippen molar-refractivity contribution in [1.82, 2.24) is 14.8 Å². The summed E-state index contributed by atoms with van der Waals surface area (Å²) in [4.78, 5) is 12.6. The third-order valence-corrected chi connectivity index (χ3v) is 4.37. The minimum absolute atomic E-state index is 0.0265. The van der Waals surface area contributed by atoms with Crippen molar-refractivity contribution >= 4 is 22.5 Å². The van der Waals surface area contributed by atoms with Crippen LogP contribution in [0.15, 0.2) is 59.0 Å². The van der Waals surface area contributed by atoms with Crippen LogP contribution < -0.4 is 5.32 Å². The molecule has 4 rings (SSSR count). The monoisotopic (exact) mass is 378 g/mol. The molecule has 4 aromatic rings. The van der Waals surface area contributed by atoms with E-state index < -0.39 is 5.82 Å². The van der Waals surface area contributed by atoms with Gasteiger partial charge in [0.25, 0.3) is 5.89 Å². The predicted molar refractivity (Wildman–Crippen MR) is 104 cm³/mol. The van der Waals surface area contributed by atoms with E-state index in [0.717, 1.165) is 10.9 Å². The van der Waals surface area contributed by atoms with Crippen molar-refractivity contribution in [3.63, 3.8) is 0 Å². The fourth-order valence-corrected chi connectivity index (χ4v) is 3.04. The molecule has 0 bridgehead atoms. The van der Waals surface area contributed by atoms with Crippen LogP contribution in [0, 0.1) is 5.82 Å². The van der Waals surface area contributed by atoms with Gasteiger partial charge in [-0.25, -0.2) is 4.39 Å². The van der Waals surface area contributed by atoms with Crippen LogP contribution in [-0.4, -0.2) is 20.7 Å². The summed E-state index contributed by atoms with van der Waals surface area (Å²) < 4.78 is 21.0. The van der Waals surface area contributed by atoms with Gasteiger partial charge in [-0.1, -0.05) is 38.1 Å². The van der Waals surface area contributed by atoms with Crippen LogP contribution in [0.25, 0.3) is 22.5 Å². The second kappa shape index (κ2) is 7.26. The van der Waals surface area contributed by atoms with E-state index in [1.165, 1.54) is 12.1 Å². The number of amides is 1. The lowest BCUT2D eigenvalue weighted by molar-refractivity contribution is -0.116. The quantitative estimate of drug-likeness (QED) is 0.551. The molecule has 1 N–H and O–H groups in total. The van der Waals surface area contributed by atoms with E-state index in [-0.39, 0.29) is 18.4 Å². The van der Waals surface area contributed by atoms with Gasteiger partial charge in [0.1, 0.15) is 18.1 Å². The predicted octanol–water partition coefficient (Wildman–Crippen LogP) is 4.59. The second-order valence-corrected chi connectivity index (χ2v) is 6.83. The van der Waals surface area contributed by atoms with Gasteiger partial charge >= 0.3 is 0 Å². The maximum atomic E-state index is 13.4. The third kappa shape index (κ3) is 3.51. The van der Waals surface area contributed by atoms with Crippen molar-refractivity contribution in [2.24, 2.45) is 0 Å². The number of para-hydroxylation sites is 1. The Bertz CT molecular complexity index is 1150. The van der Waals surface area contributed by atoms with Gasteiger partial charge in [0.05, 0.1) is 0 Å². The van der Waals surface area contributed by atoms with Gasteiger partial charge in [-0.2, -0.15) is 0 Å². The van der Waals surface area contributed by atoms with Crippen molar-refractivity contribution in [3.8, 4) is 11.6 Å². The molecule has 0 saturated carbocycles. The van der Waals surface area contributed by atoms with Crippen molar-refractivity contribution in [1.29, 1.82) is 0 Å². The molecule has 28 heavy (non-hydrogen) atoms. The number of rotatable bonds is 5. The minimum atomic E-state index is -0.406. The molecule has 142 valence electrons. The Morgan fingerprint density at radius 1 is 1.14 bits per heavy atom. The van der Waals surface area contributed by atoms with Crippen molar-refractivity contribution in [2.75, 3.05) is 5.32 Å². The molecule has 0 unspecified atom stereocenters. The summed E-state index contributed by atoms with van der Waals surface area (Å²) in [5.74, 6) is 0.318. The number of halogens is 1. The molecule has 0 saturated heterocycles. The zero-order valence-corrected chi connectivity index (χ0v) is 15.5. The second-order valence-electron chi connectivity index (χ2n) is 6.83. The van der Waals surface area contributed by atoms with E-state index in [9.17, 15) is 9.18 Å². The molecule has 0 aliphatic rings. The van der Waals surface area contributed by atoms with E-state index >= 15 is 0 Å². The lowest BCUT2D eigenvalue weighted by atomic mass is 10.2. The molecule has 0 spiro atoms. The summed E-state index contributed by atoms with van der Waals surface area (Å²) in [5.41, 5.74) is 1.94. The maximum absolute atomic E-state index is 13.4. The molecular formula is C21H19FN4O2. The van der Waals surface area contributed by atoms with Gasteiger partial charge in [-0.05, 0) is 30.3 Å². The molecule has 0 fully saturated rings. The number of carbonyl (C=O) groups is 1. The van der Waals surface area contributed by atoms with Crippen LogP contribution in [0.1, 0.15) is 25.7 Å². The maximum Gasteiger partial charge on any atom is 0.264 e. The number of nitrogens with one attached hydrogen (secondary N) is 1. The van der Waals surface area contributed by atoms with E-state index in [4.69, 9.17) is 4.42 Å². The first-order valence-electron chi connectivity index (χ1n) is 8.99. The molecule has 0 radical (unpaired) electrons. The smallest absolute Gasteiger partial charge is 0.264 e. The number of anilines is 1. The lowest BCUT2D eigenvalue weighted by Gasteiger charge is -2.10. The molecule has 6 nitrogen and oxygen atoms in total. The van der Waals surface area contributed by atoms with Gasteiger partial charge in [-0.15, -0.1) is 10.2 Å². The average Bonchev–Trinajstić information content (AvgIpc) is 3.27. The Morgan fingerprint density at radius 3 is 2.71 bits per heavy atom. The Hall–Kier alpha value is -3.48. The molecule has 1 amide bonds. The number of carbonyl (C=O) groups excluding carboxylic acids is 1. The highest BCUT2D eigenvalue weighted by Crippen LogP contribution is 2.28. The summed E-state index contributed by atoms with van der Waals surface area (Å²) in [7, 11) is 0. The summed E-state index contributed by atoms with van der Waals surface area (Å²) in [5, 5.41) is 11.9. The third-order valence-electron chi connectivity index (χ3n) is 4.37. The standard InChI is InChI=1S/C21H19FN4O2/c1-13(2)20-24-25-21(28-20)18-10-14-6-3-4-9-17(14)26(18)12-19(27)23-16-8-5-7-15(22)11-16/h3-11,13H,12H2,1-2H3,(H,23,27). The summed E-state index contributed by atoms with van der Waals surface area (Å²) in [6, 6.07) is 15.4. The molecule has 0 atom stereocenters. The zero-order valence-electron chi connectivity index (χ0n) is 15.5. The Balaban J connectivity index is 1.69. The fraction of sp³-hybridized carbons (Fsp3) is 0.190. The average molecular weight is 378 g/mol. The van der Waals surface area contributed by atoms with Crippen molar-refractivity contribution < 1.29 is 13.6 Å². The number of hydrogen-bond acceptors (Lipinski definition) is 4. The van der Waals surface area contributed by atoms with Gasteiger partial charge in [0.15, 0.2) is 0 Å². The fourth-order valence-electron chi connectivity index (χ4n) is 3.04. The van der Waals surface area contributed by atoms with E-state index in [2.05, 4.69) is 15.5 Å². The molecular weight excluding hydrogens is 359 g/mol. The van der Waals surface area contributed by atoms with Gasteiger partial charge < -0.3 is 14.3 Å². The first-order valence-corrected chi connectivity index (χ1v) is 8.99. The highest BCUT2D eigenvalue weighted by molar-refractivity contribution is 5.93. The topological polar surface area (TPSA) is 73.0 Å². The number of aromatic nitrogens is 3. The van der Waals surface area contributed by atoms with Crippen LogP contribution in [0.2, 0.25) is 0 Å². The Kier molecular flexibility index (Phi) is 4.65. The van der Waals surface area contributed by atoms with Gasteiger partial charge in [0.2, 0.25) is 11.8 Å².